The van der Waals surface area contributed by atoms with Crippen molar-refractivity contribution < 1.29 is 9.53 Å². The molecule has 1 aromatic rings. The minimum atomic E-state index is -0.473. The standard InChI is InChI=1S/C17H20ClNO2/c1-21-16-14(18)10-12-6-2-3-7-13(12)15(16)17(19-11-20)8-4-5-9-17/h10H,2-9H2,1H3. The van der Waals surface area contributed by atoms with Crippen LogP contribution >= 0.6 is 11.6 Å². The molecule has 0 saturated heterocycles. The van der Waals surface area contributed by atoms with Crippen molar-refractivity contribution in [2.75, 3.05) is 7.11 Å². The Balaban J connectivity index is 2.28. The van der Waals surface area contributed by atoms with Crippen LogP contribution in [0.3, 0.4) is 0 Å². The lowest BCUT2D eigenvalue weighted by atomic mass is 9.78. The molecule has 2 aliphatic rings. The summed E-state index contributed by atoms with van der Waals surface area (Å²) in [6.07, 6.45) is 10.2. The van der Waals surface area contributed by atoms with Gasteiger partial charge in [-0.05, 0) is 55.7 Å². The fraction of sp³-hybridized carbons (Fsp3) is 0.588. The normalized spacial score (nSPS) is 19.7. The molecule has 0 N–H and O–H groups in total. The summed E-state index contributed by atoms with van der Waals surface area (Å²) in [5, 5.41) is 0.639. The zero-order valence-electron chi connectivity index (χ0n) is 12.4. The fourth-order valence-electron chi connectivity index (χ4n) is 4.01. The Hall–Kier alpha value is -1.31. The van der Waals surface area contributed by atoms with Crippen LogP contribution in [0.25, 0.3) is 0 Å². The van der Waals surface area contributed by atoms with Crippen LogP contribution in [0.2, 0.25) is 5.02 Å². The zero-order chi connectivity index (χ0) is 14.9. The highest BCUT2D eigenvalue weighted by atomic mass is 35.5. The van der Waals surface area contributed by atoms with Crippen molar-refractivity contribution in [2.45, 2.75) is 56.9 Å². The van der Waals surface area contributed by atoms with Crippen LogP contribution in [0.4, 0.5) is 0 Å². The van der Waals surface area contributed by atoms with Gasteiger partial charge in [0.15, 0.2) is 0 Å². The molecule has 0 aromatic heterocycles. The molecule has 1 saturated carbocycles. The van der Waals surface area contributed by atoms with Crippen LogP contribution < -0.4 is 4.74 Å². The summed E-state index contributed by atoms with van der Waals surface area (Å²) in [6, 6.07) is 2.03. The Morgan fingerprint density at radius 2 is 1.95 bits per heavy atom. The Morgan fingerprint density at radius 3 is 2.62 bits per heavy atom. The van der Waals surface area contributed by atoms with E-state index < -0.39 is 5.54 Å². The monoisotopic (exact) mass is 305 g/mol. The van der Waals surface area contributed by atoms with Crippen LogP contribution in [-0.4, -0.2) is 13.2 Å². The lowest BCUT2D eigenvalue weighted by Gasteiger charge is -2.31. The second-order valence-electron chi connectivity index (χ2n) is 6.05. The molecule has 1 aromatic carbocycles. The van der Waals surface area contributed by atoms with Gasteiger partial charge in [-0.1, -0.05) is 24.4 Å². The number of hydrogen-bond donors (Lipinski definition) is 0. The number of fused-ring (bicyclic) bond motifs is 1. The molecule has 112 valence electrons. The molecular weight excluding hydrogens is 286 g/mol. The number of hydrogen-bond acceptors (Lipinski definition) is 3. The van der Waals surface area contributed by atoms with Gasteiger partial charge in [0.25, 0.3) is 0 Å². The number of benzene rings is 1. The van der Waals surface area contributed by atoms with E-state index in [0.29, 0.717) is 10.8 Å². The number of methoxy groups -OCH3 is 1. The number of ether oxygens (including phenoxy) is 1. The average molecular weight is 306 g/mol. The van der Waals surface area contributed by atoms with Crippen molar-refractivity contribution in [2.24, 2.45) is 4.99 Å². The van der Waals surface area contributed by atoms with E-state index in [0.717, 1.165) is 44.1 Å². The maximum atomic E-state index is 11.0. The molecule has 1 fully saturated rings. The number of isocyanates is 1. The smallest absolute Gasteiger partial charge is 0.235 e. The van der Waals surface area contributed by atoms with Crippen molar-refractivity contribution in [1.82, 2.24) is 0 Å². The van der Waals surface area contributed by atoms with Crippen molar-refractivity contribution in [1.29, 1.82) is 0 Å². The van der Waals surface area contributed by atoms with Crippen LogP contribution in [0.15, 0.2) is 11.1 Å². The van der Waals surface area contributed by atoms with E-state index in [1.54, 1.807) is 13.2 Å². The minimum Gasteiger partial charge on any atom is -0.495 e. The average Bonchev–Trinajstić information content (AvgIpc) is 2.95. The number of nitrogens with zero attached hydrogens (tertiary/aromatic N) is 1. The molecule has 21 heavy (non-hydrogen) atoms. The molecule has 0 aliphatic heterocycles. The summed E-state index contributed by atoms with van der Waals surface area (Å²) in [4.78, 5) is 15.3. The van der Waals surface area contributed by atoms with E-state index in [4.69, 9.17) is 16.3 Å². The molecule has 0 bridgehead atoms. The topological polar surface area (TPSA) is 38.7 Å². The summed E-state index contributed by atoms with van der Waals surface area (Å²) >= 11 is 6.44. The van der Waals surface area contributed by atoms with Crippen LogP contribution in [-0.2, 0) is 23.2 Å². The Kier molecular flexibility index (Phi) is 4.05. The first-order chi connectivity index (χ1) is 10.2. The fourth-order valence-corrected chi connectivity index (χ4v) is 4.31. The molecule has 3 nitrogen and oxygen atoms in total. The van der Waals surface area contributed by atoms with E-state index in [9.17, 15) is 4.79 Å². The second kappa shape index (κ2) is 5.82. The highest BCUT2D eigenvalue weighted by Gasteiger charge is 2.41. The zero-order valence-corrected chi connectivity index (χ0v) is 13.1. The highest BCUT2D eigenvalue weighted by molar-refractivity contribution is 6.32. The molecule has 0 atom stereocenters. The third-order valence-corrected chi connectivity index (χ3v) is 5.20. The van der Waals surface area contributed by atoms with Gasteiger partial charge in [-0.25, -0.2) is 4.79 Å². The molecule has 0 heterocycles. The first kappa shape index (κ1) is 14.6. The predicted octanol–water partition coefficient (Wildman–Crippen LogP) is 4.33. The summed E-state index contributed by atoms with van der Waals surface area (Å²) in [5.41, 5.74) is 3.20. The molecule has 2 aliphatic carbocycles. The maximum Gasteiger partial charge on any atom is 0.235 e. The third kappa shape index (κ3) is 2.39. The van der Waals surface area contributed by atoms with Gasteiger partial charge in [-0.3, -0.25) is 0 Å². The van der Waals surface area contributed by atoms with Crippen molar-refractivity contribution in [3.63, 3.8) is 0 Å². The lowest BCUT2D eigenvalue weighted by Crippen LogP contribution is -2.24. The van der Waals surface area contributed by atoms with Crippen LogP contribution in [0.5, 0.6) is 5.75 Å². The molecule has 0 spiro atoms. The van der Waals surface area contributed by atoms with Crippen LogP contribution in [0.1, 0.15) is 55.2 Å². The Labute approximate surface area is 130 Å². The first-order valence-corrected chi connectivity index (χ1v) is 8.07. The Bertz CT molecular complexity index is 599. The Morgan fingerprint density at radius 1 is 1.24 bits per heavy atom. The van der Waals surface area contributed by atoms with Crippen molar-refractivity contribution in [3.05, 3.63) is 27.8 Å². The molecule has 3 rings (SSSR count). The number of aliphatic imine (C=N–C) groups is 1. The van der Waals surface area contributed by atoms with Gasteiger partial charge in [-0.15, -0.1) is 0 Å². The van der Waals surface area contributed by atoms with Gasteiger partial charge in [0.2, 0.25) is 6.08 Å². The van der Waals surface area contributed by atoms with E-state index in [1.165, 1.54) is 24.0 Å². The summed E-state index contributed by atoms with van der Waals surface area (Å²) in [5.74, 6) is 0.707. The summed E-state index contributed by atoms with van der Waals surface area (Å²) in [6.45, 7) is 0. The molecule has 0 amide bonds. The van der Waals surface area contributed by atoms with Gasteiger partial charge in [0, 0.05) is 5.56 Å². The van der Waals surface area contributed by atoms with E-state index in [1.807, 2.05) is 6.07 Å². The predicted molar refractivity (Wildman–Crippen MR) is 82.9 cm³/mol. The summed E-state index contributed by atoms with van der Waals surface area (Å²) in [7, 11) is 1.65. The van der Waals surface area contributed by atoms with Gasteiger partial charge in [0.1, 0.15) is 11.3 Å². The molecule has 4 heteroatoms. The second-order valence-corrected chi connectivity index (χ2v) is 6.46. The molecule has 0 radical (unpaired) electrons. The molecular formula is C17H20ClNO2. The largest absolute Gasteiger partial charge is 0.495 e. The number of halogens is 1. The van der Waals surface area contributed by atoms with Gasteiger partial charge >= 0.3 is 0 Å². The van der Waals surface area contributed by atoms with Gasteiger partial charge in [0.05, 0.1) is 12.1 Å². The molecule has 0 unspecified atom stereocenters. The number of carbonyl (C=O) groups excluding carboxylic acids is 1. The van der Waals surface area contributed by atoms with Crippen molar-refractivity contribution >= 4 is 17.7 Å². The van der Waals surface area contributed by atoms with Crippen LogP contribution in [0, 0.1) is 0 Å². The van der Waals surface area contributed by atoms with E-state index in [-0.39, 0.29) is 0 Å². The maximum absolute atomic E-state index is 11.0. The van der Waals surface area contributed by atoms with Gasteiger partial charge in [-0.2, -0.15) is 4.99 Å². The quantitative estimate of drug-likeness (QED) is 0.616. The lowest BCUT2D eigenvalue weighted by molar-refractivity contribution is 0.375. The highest BCUT2D eigenvalue weighted by Crippen LogP contribution is 2.51. The first-order valence-electron chi connectivity index (χ1n) is 7.69. The minimum absolute atomic E-state index is 0.473. The van der Waals surface area contributed by atoms with E-state index >= 15 is 0 Å². The number of aryl methyl sites for hydroxylation is 1. The van der Waals surface area contributed by atoms with E-state index in [2.05, 4.69) is 4.99 Å². The number of rotatable bonds is 3. The SMILES string of the molecule is COc1c(Cl)cc2c(c1C1(N=C=O)CCCC1)CCCC2. The van der Waals surface area contributed by atoms with Crippen molar-refractivity contribution in [3.8, 4) is 5.75 Å². The summed E-state index contributed by atoms with van der Waals surface area (Å²) < 4.78 is 5.60. The third-order valence-electron chi connectivity index (χ3n) is 4.92. The van der Waals surface area contributed by atoms with Gasteiger partial charge < -0.3 is 4.74 Å².